The van der Waals surface area contributed by atoms with E-state index in [4.69, 9.17) is 16.3 Å². The Balaban J connectivity index is 1.73. The molecule has 2 aromatic carbocycles. The molecule has 3 aromatic rings. The maximum absolute atomic E-state index is 12.4. The summed E-state index contributed by atoms with van der Waals surface area (Å²) in [5.74, 6) is 0.658. The van der Waals surface area contributed by atoms with E-state index in [1.807, 2.05) is 31.2 Å². The van der Waals surface area contributed by atoms with Crippen molar-refractivity contribution in [1.82, 2.24) is 10.2 Å². The molecular weight excluding hydrogens is 352 g/mol. The predicted octanol–water partition coefficient (Wildman–Crippen LogP) is 4.44. The minimum atomic E-state index is -0.402. The van der Waals surface area contributed by atoms with Gasteiger partial charge in [-0.3, -0.25) is 4.79 Å². The number of benzene rings is 2. The highest BCUT2D eigenvalue weighted by Gasteiger charge is 2.12. The Morgan fingerprint density at radius 2 is 1.85 bits per heavy atom. The number of carbonyl (C=O) groups is 1. The molecule has 26 heavy (non-hydrogen) atoms. The molecule has 0 bridgehead atoms. The average molecular weight is 369 g/mol. The molecule has 0 aliphatic rings. The molecule has 0 aliphatic heterocycles. The number of ether oxygens (including phenoxy) is 1. The highest BCUT2D eigenvalue weighted by atomic mass is 35.5. The number of aryl methyl sites for hydroxylation is 1. The molecule has 7 heteroatoms. The largest absolute Gasteiger partial charge is 0.495 e. The van der Waals surface area contributed by atoms with E-state index >= 15 is 0 Å². The normalized spacial score (nSPS) is 10.3. The van der Waals surface area contributed by atoms with E-state index in [9.17, 15) is 4.79 Å². The number of methoxy groups -OCH3 is 1. The molecule has 0 saturated heterocycles. The van der Waals surface area contributed by atoms with Crippen molar-refractivity contribution in [3.05, 3.63) is 70.9 Å². The molecule has 0 spiro atoms. The van der Waals surface area contributed by atoms with E-state index in [1.54, 1.807) is 30.3 Å². The van der Waals surface area contributed by atoms with Gasteiger partial charge in [0.25, 0.3) is 5.91 Å². The maximum Gasteiger partial charge on any atom is 0.276 e. The summed E-state index contributed by atoms with van der Waals surface area (Å²) in [5, 5.41) is 14.4. The summed E-state index contributed by atoms with van der Waals surface area (Å²) in [4.78, 5) is 12.4. The highest BCUT2D eigenvalue weighted by molar-refractivity contribution is 6.31. The zero-order valence-corrected chi connectivity index (χ0v) is 15.0. The predicted molar refractivity (Wildman–Crippen MR) is 102 cm³/mol. The Kier molecular flexibility index (Phi) is 5.34. The standard InChI is InChI=1S/C19H17ClN4O2/c1-12-5-3-4-6-14(12)21-18-10-8-15(23-24-18)19(25)22-16-11-13(20)7-9-17(16)26-2/h3-11H,1-2H3,(H,21,24)(H,22,25). The number of anilines is 3. The summed E-state index contributed by atoms with van der Waals surface area (Å²) in [6, 6.07) is 16.1. The minimum absolute atomic E-state index is 0.183. The van der Waals surface area contributed by atoms with Gasteiger partial charge in [-0.25, -0.2) is 0 Å². The molecule has 1 aromatic heterocycles. The van der Waals surface area contributed by atoms with Crippen molar-refractivity contribution in [3.8, 4) is 5.75 Å². The molecule has 3 rings (SSSR count). The van der Waals surface area contributed by atoms with E-state index in [-0.39, 0.29) is 5.69 Å². The molecule has 0 radical (unpaired) electrons. The maximum atomic E-state index is 12.4. The zero-order chi connectivity index (χ0) is 18.5. The molecule has 6 nitrogen and oxygen atoms in total. The van der Waals surface area contributed by atoms with Crippen LogP contribution in [0, 0.1) is 6.92 Å². The van der Waals surface area contributed by atoms with Gasteiger partial charge < -0.3 is 15.4 Å². The SMILES string of the molecule is COc1ccc(Cl)cc1NC(=O)c1ccc(Nc2ccccc2C)nn1. The average Bonchev–Trinajstić information content (AvgIpc) is 2.64. The van der Waals surface area contributed by atoms with Crippen LogP contribution in [-0.4, -0.2) is 23.2 Å². The Labute approximate surface area is 156 Å². The first-order valence-corrected chi connectivity index (χ1v) is 8.26. The minimum Gasteiger partial charge on any atom is -0.495 e. The van der Waals surface area contributed by atoms with Gasteiger partial charge in [0, 0.05) is 10.7 Å². The van der Waals surface area contributed by atoms with Gasteiger partial charge in [-0.1, -0.05) is 29.8 Å². The number of amides is 1. The van der Waals surface area contributed by atoms with Gasteiger partial charge in [0.05, 0.1) is 12.8 Å². The van der Waals surface area contributed by atoms with Crippen LogP contribution in [0.25, 0.3) is 0 Å². The van der Waals surface area contributed by atoms with E-state index in [0.717, 1.165) is 11.3 Å². The summed E-state index contributed by atoms with van der Waals surface area (Å²) < 4.78 is 5.21. The van der Waals surface area contributed by atoms with Crippen molar-refractivity contribution in [2.75, 3.05) is 17.7 Å². The summed E-state index contributed by atoms with van der Waals surface area (Å²) in [5.41, 5.74) is 2.67. The van der Waals surface area contributed by atoms with Crippen LogP contribution in [-0.2, 0) is 0 Å². The van der Waals surface area contributed by atoms with Gasteiger partial charge >= 0.3 is 0 Å². The lowest BCUT2D eigenvalue weighted by Gasteiger charge is -2.11. The number of hydrogen-bond donors (Lipinski definition) is 2. The van der Waals surface area contributed by atoms with Gasteiger partial charge in [0.1, 0.15) is 5.75 Å². The first-order chi connectivity index (χ1) is 12.6. The number of halogens is 1. The van der Waals surface area contributed by atoms with Crippen LogP contribution in [0.2, 0.25) is 5.02 Å². The number of aromatic nitrogens is 2. The van der Waals surface area contributed by atoms with Crippen molar-refractivity contribution in [2.45, 2.75) is 6.92 Å². The summed E-state index contributed by atoms with van der Waals surface area (Å²) in [6.07, 6.45) is 0. The van der Waals surface area contributed by atoms with Gasteiger partial charge in [-0.05, 0) is 48.9 Å². The van der Waals surface area contributed by atoms with Crippen LogP contribution < -0.4 is 15.4 Å². The van der Waals surface area contributed by atoms with E-state index < -0.39 is 5.91 Å². The van der Waals surface area contributed by atoms with E-state index in [1.165, 1.54) is 7.11 Å². The van der Waals surface area contributed by atoms with Crippen LogP contribution in [0.5, 0.6) is 5.75 Å². The zero-order valence-electron chi connectivity index (χ0n) is 14.3. The number of nitrogens with zero attached hydrogens (tertiary/aromatic N) is 2. The van der Waals surface area contributed by atoms with Crippen molar-refractivity contribution in [1.29, 1.82) is 0 Å². The molecule has 1 amide bonds. The smallest absolute Gasteiger partial charge is 0.276 e. The molecular formula is C19H17ClN4O2. The fourth-order valence-corrected chi connectivity index (χ4v) is 2.51. The molecule has 0 aliphatic carbocycles. The van der Waals surface area contributed by atoms with Crippen LogP contribution in [0.3, 0.4) is 0 Å². The van der Waals surface area contributed by atoms with Gasteiger partial charge in [0.2, 0.25) is 0 Å². The second-order valence-corrected chi connectivity index (χ2v) is 5.98. The van der Waals surface area contributed by atoms with Crippen LogP contribution in [0.15, 0.2) is 54.6 Å². The molecule has 1 heterocycles. The van der Waals surface area contributed by atoms with Crippen molar-refractivity contribution in [2.24, 2.45) is 0 Å². The Morgan fingerprint density at radius 1 is 1.04 bits per heavy atom. The number of rotatable bonds is 5. The second-order valence-electron chi connectivity index (χ2n) is 5.54. The lowest BCUT2D eigenvalue weighted by Crippen LogP contribution is -2.15. The third-order valence-electron chi connectivity index (χ3n) is 3.71. The van der Waals surface area contributed by atoms with Gasteiger partial charge in [-0.15, -0.1) is 10.2 Å². The Hall–Kier alpha value is -3.12. The first-order valence-electron chi connectivity index (χ1n) is 7.88. The third kappa shape index (κ3) is 4.10. The summed E-state index contributed by atoms with van der Waals surface area (Å²) >= 11 is 5.97. The summed E-state index contributed by atoms with van der Waals surface area (Å²) in [7, 11) is 1.52. The molecule has 0 atom stereocenters. The number of nitrogens with one attached hydrogen (secondary N) is 2. The lowest BCUT2D eigenvalue weighted by molar-refractivity contribution is 0.102. The van der Waals surface area contributed by atoms with Crippen LogP contribution >= 0.6 is 11.6 Å². The second kappa shape index (κ2) is 7.84. The summed E-state index contributed by atoms with van der Waals surface area (Å²) in [6.45, 7) is 2.00. The first kappa shape index (κ1) is 17.7. The molecule has 0 saturated carbocycles. The third-order valence-corrected chi connectivity index (χ3v) is 3.95. The van der Waals surface area contributed by atoms with Crippen molar-refractivity contribution < 1.29 is 9.53 Å². The Bertz CT molecular complexity index is 929. The number of para-hydroxylation sites is 1. The molecule has 2 N–H and O–H groups in total. The fourth-order valence-electron chi connectivity index (χ4n) is 2.34. The topological polar surface area (TPSA) is 76.1 Å². The van der Waals surface area contributed by atoms with Gasteiger partial charge in [-0.2, -0.15) is 0 Å². The Morgan fingerprint density at radius 3 is 2.54 bits per heavy atom. The van der Waals surface area contributed by atoms with E-state index in [2.05, 4.69) is 20.8 Å². The van der Waals surface area contributed by atoms with Gasteiger partial charge in [0.15, 0.2) is 11.5 Å². The van der Waals surface area contributed by atoms with Crippen molar-refractivity contribution in [3.63, 3.8) is 0 Å². The van der Waals surface area contributed by atoms with E-state index in [0.29, 0.717) is 22.3 Å². The lowest BCUT2D eigenvalue weighted by atomic mass is 10.2. The van der Waals surface area contributed by atoms with Crippen LogP contribution in [0.1, 0.15) is 16.1 Å². The van der Waals surface area contributed by atoms with Crippen LogP contribution in [0.4, 0.5) is 17.2 Å². The fraction of sp³-hybridized carbons (Fsp3) is 0.105. The number of hydrogen-bond acceptors (Lipinski definition) is 5. The number of carbonyl (C=O) groups excluding carboxylic acids is 1. The highest BCUT2D eigenvalue weighted by Crippen LogP contribution is 2.28. The molecule has 132 valence electrons. The molecule has 0 fully saturated rings. The monoisotopic (exact) mass is 368 g/mol. The molecule has 0 unspecified atom stereocenters. The van der Waals surface area contributed by atoms with Crippen molar-refractivity contribution >= 4 is 34.7 Å². The quantitative estimate of drug-likeness (QED) is 0.696.